The zero-order chi connectivity index (χ0) is 17.9. The molecule has 0 aromatic carbocycles. The zero-order valence-electron chi connectivity index (χ0n) is 13.4. The van der Waals surface area contributed by atoms with E-state index in [0.717, 1.165) is 6.07 Å². The van der Waals surface area contributed by atoms with Gasteiger partial charge in [0.15, 0.2) is 11.4 Å². The van der Waals surface area contributed by atoms with Crippen molar-refractivity contribution in [2.45, 2.75) is 39.5 Å². The third-order valence-corrected chi connectivity index (χ3v) is 3.43. The maximum absolute atomic E-state index is 12.6. The Morgan fingerprint density at radius 1 is 1.38 bits per heavy atom. The van der Waals surface area contributed by atoms with Crippen molar-refractivity contribution in [2.75, 3.05) is 12.3 Å². The summed E-state index contributed by atoms with van der Waals surface area (Å²) in [5.74, 6) is -0.409. The van der Waals surface area contributed by atoms with Crippen LogP contribution in [0.15, 0.2) is 12.3 Å². The van der Waals surface area contributed by atoms with E-state index in [9.17, 15) is 18.0 Å². The zero-order valence-corrected chi connectivity index (χ0v) is 13.4. The van der Waals surface area contributed by atoms with Crippen LogP contribution < -0.4 is 11.1 Å². The smallest absolute Gasteiger partial charge is 0.396 e. The number of aryl methyl sites for hydroxylation is 3. The number of alkyl halides is 3. The number of nitrogens with two attached hydrogens (primary N) is 1. The van der Waals surface area contributed by atoms with Crippen molar-refractivity contribution in [3.05, 3.63) is 29.3 Å². The predicted molar refractivity (Wildman–Crippen MR) is 81.2 cm³/mol. The van der Waals surface area contributed by atoms with E-state index in [1.54, 1.807) is 17.8 Å². The summed E-state index contributed by atoms with van der Waals surface area (Å²) in [5, 5.41) is 10.2. The van der Waals surface area contributed by atoms with Crippen LogP contribution in [0.2, 0.25) is 0 Å². The fraction of sp³-hybridized carbons (Fsp3) is 0.500. The van der Waals surface area contributed by atoms with Gasteiger partial charge in [0.05, 0.1) is 5.69 Å². The number of rotatable bonds is 6. The molecule has 0 aliphatic rings. The van der Waals surface area contributed by atoms with Crippen LogP contribution >= 0.6 is 0 Å². The lowest BCUT2D eigenvalue weighted by Crippen LogP contribution is -2.26. The SMILES string of the molecule is CCn1cc(N)c(C(=O)NCCCn2nc(C(F)(F)F)cc2C)n1. The van der Waals surface area contributed by atoms with Gasteiger partial charge in [0.1, 0.15) is 0 Å². The summed E-state index contributed by atoms with van der Waals surface area (Å²) < 4.78 is 40.6. The number of carbonyl (C=O) groups is 1. The van der Waals surface area contributed by atoms with Gasteiger partial charge >= 0.3 is 6.18 Å². The van der Waals surface area contributed by atoms with Gasteiger partial charge in [0.25, 0.3) is 5.91 Å². The van der Waals surface area contributed by atoms with Crippen LogP contribution in [0.4, 0.5) is 18.9 Å². The van der Waals surface area contributed by atoms with Crippen LogP contribution in [0.1, 0.15) is 35.2 Å². The Labute approximate surface area is 136 Å². The number of nitrogens with one attached hydrogen (secondary N) is 1. The lowest BCUT2D eigenvalue weighted by molar-refractivity contribution is -0.141. The van der Waals surface area contributed by atoms with Crippen LogP contribution in [0.25, 0.3) is 0 Å². The van der Waals surface area contributed by atoms with Gasteiger partial charge in [-0.1, -0.05) is 0 Å². The molecule has 10 heteroatoms. The minimum absolute atomic E-state index is 0.145. The molecule has 0 unspecified atom stereocenters. The summed E-state index contributed by atoms with van der Waals surface area (Å²) >= 11 is 0. The van der Waals surface area contributed by atoms with Crippen molar-refractivity contribution < 1.29 is 18.0 Å². The molecule has 0 fully saturated rings. The topological polar surface area (TPSA) is 90.8 Å². The lowest BCUT2D eigenvalue weighted by Gasteiger charge is -2.06. The second-order valence-electron chi connectivity index (χ2n) is 5.29. The first kappa shape index (κ1) is 17.8. The van der Waals surface area contributed by atoms with Crippen molar-refractivity contribution in [3.63, 3.8) is 0 Å². The molecule has 132 valence electrons. The summed E-state index contributed by atoms with van der Waals surface area (Å²) in [6.07, 6.45) is -2.46. The summed E-state index contributed by atoms with van der Waals surface area (Å²) in [7, 11) is 0. The Kier molecular flexibility index (Phi) is 5.15. The second-order valence-corrected chi connectivity index (χ2v) is 5.29. The molecular formula is C14H19F3N6O. The normalized spacial score (nSPS) is 11.7. The number of aromatic nitrogens is 4. The molecule has 1 amide bonds. The molecule has 2 rings (SSSR count). The Morgan fingerprint density at radius 2 is 2.08 bits per heavy atom. The van der Waals surface area contributed by atoms with Crippen molar-refractivity contribution in [1.82, 2.24) is 24.9 Å². The predicted octanol–water partition coefficient (Wildman–Crippen LogP) is 1.83. The average Bonchev–Trinajstić information content (AvgIpc) is 3.06. The Morgan fingerprint density at radius 3 is 2.62 bits per heavy atom. The number of carbonyl (C=O) groups excluding carboxylic acids is 1. The third-order valence-electron chi connectivity index (χ3n) is 3.43. The second kappa shape index (κ2) is 6.93. The number of hydrogen-bond donors (Lipinski definition) is 2. The van der Waals surface area contributed by atoms with Gasteiger partial charge < -0.3 is 11.1 Å². The monoisotopic (exact) mass is 344 g/mol. The van der Waals surface area contributed by atoms with Gasteiger partial charge in [-0.05, 0) is 26.3 Å². The minimum Gasteiger partial charge on any atom is -0.396 e. The van der Waals surface area contributed by atoms with E-state index in [1.807, 2.05) is 6.92 Å². The molecule has 24 heavy (non-hydrogen) atoms. The maximum atomic E-state index is 12.6. The molecule has 0 spiro atoms. The van der Waals surface area contributed by atoms with Crippen molar-refractivity contribution in [2.24, 2.45) is 0 Å². The number of nitrogens with zero attached hydrogens (tertiary/aromatic N) is 4. The molecule has 0 aliphatic heterocycles. The molecule has 0 radical (unpaired) electrons. The highest BCUT2D eigenvalue weighted by Gasteiger charge is 2.34. The Bertz CT molecular complexity index is 719. The van der Waals surface area contributed by atoms with Crippen molar-refractivity contribution in [1.29, 1.82) is 0 Å². The number of anilines is 1. The number of amides is 1. The van der Waals surface area contributed by atoms with Crippen LogP contribution in [0, 0.1) is 6.92 Å². The standard InChI is InChI=1S/C14H19F3N6O/c1-3-22-8-10(18)12(21-22)13(24)19-5-4-6-23-9(2)7-11(20-23)14(15,16)17/h7-8H,3-6,18H2,1-2H3,(H,19,24). The van der Waals surface area contributed by atoms with E-state index in [4.69, 9.17) is 5.73 Å². The highest BCUT2D eigenvalue weighted by molar-refractivity contribution is 5.96. The maximum Gasteiger partial charge on any atom is 0.435 e. The van der Waals surface area contributed by atoms with Crippen molar-refractivity contribution >= 4 is 11.6 Å². The highest BCUT2D eigenvalue weighted by atomic mass is 19.4. The first-order valence-electron chi connectivity index (χ1n) is 7.45. The fourth-order valence-electron chi connectivity index (χ4n) is 2.16. The first-order valence-corrected chi connectivity index (χ1v) is 7.45. The largest absolute Gasteiger partial charge is 0.435 e. The van der Waals surface area contributed by atoms with E-state index in [1.165, 1.54) is 4.68 Å². The fourth-order valence-corrected chi connectivity index (χ4v) is 2.16. The molecule has 0 aliphatic carbocycles. The molecule has 2 aromatic rings. The summed E-state index contributed by atoms with van der Waals surface area (Å²) in [5.41, 5.74) is 5.64. The highest BCUT2D eigenvalue weighted by Crippen LogP contribution is 2.28. The van der Waals surface area contributed by atoms with Gasteiger partial charge in [-0.15, -0.1) is 0 Å². The molecule has 2 aromatic heterocycles. The first-order chi connectivity index (χ1) is 11.2. The Balaban J connectivity index is 1.86. The molecule has 0 saturated carbocycles. The number of nitrogen functional groups attached to an aromatic ring is 1. The van der Waals surface area contributed by atoms with E-state index in [0.29, 0.717) is 18.7 Å². The van der Waals surface area contributed by atoms with E-state index >= 15 is 0 Å². The van der Waals surface area contributed by atoms with Crippen LogP contribution in [0.5, 0.6) is 0 Å². The molecule has 7 nitrogen and oxygen atoms in total. The molecule has 0 bridgehead atoms. The minimum atomic E-state index is -4.46. The quantitative estimate of drug-likeness (QED) is 0.782. The number of hydrogen-bond acceptors (Lipinski definition) is 4. The van der Waals surface area contributed by atoms with Gasteiger partial charge in [0, 0.05) is 31.5 Å². The lowest BCUT2D eigenvalue weighted by atomic mass is 10.3. The average molecular weight is 344 g/mol. The van der Waals surface area contributed by atoms with Crippen molar-refractivity contribution in [3.8, 4) is 0 Å². The number of halogens is 3. The van der Waals surface area contributed by atoms with E-state index in [-0.39, 0.29) is 24.5 Å². The molecule has 0 atom stereocenters. The van der Waals surface area contributed by atoms with Gasteiger partial charge in [-0.2, -0.15) is 23.4 Å². The van der Waals surface area contributed by atoms with Crippen LogP contribution in [0.3, 0.4) is 0 Å². The van der Waals surface area contributed by atoms with E-state index < -0.39 is 17.8 Å². The third kappa shape index (κ3) is 4.06. The Hall–Kier alpha value is -2.52. The molecule has 0 saturated heterocycles. The molecule has 2 heterocycles. The van der Waals surface area contributed by atoms with Gasteiger partial charge in [-0.25, -0.2) is 0 Å². The van der Waals surface area contributed by atoms with Crippen LogP contribution in [-0.2, 0) is 19.3 Å². The van der Waals surface area contributed by atoms with E-state index in [2.05, 4.69) is 15.5 Å². The summed E-state index contributed by atoms with van der Waals surface area (Å²) in [4.78, 5) is 12.0. The van der Waals surface area contributed by atoms with Crippen LogP contribution in [-0.4, -0.2) is 32.0 Å². The van der Waals surface area contributed by atoms with Gasteiger partial charge in [-0.3, -0.25) is 14.2 Å². The summed E-state index contributed by atoms with van der Waals surface area (Å²) in [6, 6.07) is 0.997. The summed E-state index contributed by atoms with van der Waals surface area (Å²) in [6.45, 7) is 4.56. The molecular weight excluding hydrogens is 325 g/mol. The van der Waals surface area contributed by atoms with Gasteiger partial charge in [0.2, 0.25) is 0 Å². The molecule has 3 N–H and O–H groups in total.